The Balaban J connectivity index is 2.02. The average Bonchev–Trinajstić information content (AvgIpc) is 2.99. The van der Waals surface area contributed by atoms with Crippen LogP contribution in [0.3, 0.4) is 0 Å². The van der Waals surface area contributed by atoms with Crippen molar-refractivity contribution in [2.24, 2.45) is 0 Å². The number of aromatic amines is 1. The number of carbonyl (C=O) groups excluding carboxylic acids is 1. The number of halogens is 1. The molecule has 112 valence electrons. The Morgan fingerprint density at radius 3 is 3.00 bits per heavy atom. The summed E-state index contributed by atoms with van der Waals surface area (Å²) >= 11 is 5.98. The number of hydrogen-bond donors (Lipinski definition) is 2. The molecule has 0 fully saturated rings. The average molecular weight is 312 g/mol. The molecule has 0 atom stereocenters. The fourth-order valence-electron chi connectivity index (χ4n) is 1.64. The molecule has 0 aliphatic carbocycles. The molecule has 0 saturated carbocycles. The van der Waals surface area contributed by atoms with Crippen molar-refractivity contribution >= 4 is 23.3 Å². The van der Waals surface area contributed by atoms with Crippen molar-refractivity contribution in [3.05, 3.63) is 39.8 Å². The highest BCUT2D eigenvalue weighted by Gasteiger charge is 2.11. The fraction of sp³-hybridized carbons (Fsp3) is 0.333. The second-order valence-electron chi connectivity index (χ2n) is 4.16. The minimum absolute atomic E-state index is 0.0153. The minimum Gasteiger partial charge on any atom is -0.468 e. The molecule has 0 bridgehead atoms. The molecule has 0 aliphatic heterocycles. The van der Waals surface area contributed by atoms with E-state index in [-0.39, 0.29) is 11.6 Å². The smallest absolute Gasteiger partial charge is 0.327 e. The van der Waals surface area contributed by atoms with Crippen LogP contribution in [0.25, 0.3) is 0 Å². The van der Waals surface area contributed by atoms with Crippen LogP contribution in [0, 0.1) is 0 Å². The largest absolute Gasteiger partial charge is 0.468 e. The van der Waals surface area contributed by atoms with Gasteiger partial charge in [-0.25, -0.2) is 9.67 Å². The number of rotatable bonds is 6. The summed E-state index contributed by atoms with van der Waals surface area (Å²) in [4.78, 5) is 30.0. The number of hydrogen-bond acceptors (Lipinski definition) is 6. The minimum atomic E-state index is -0.569. The van der Waals surface area contributed by atoms with Gasteiger partial charge in [0.25, 0.3) is 5.56 Å². The summed E-state index contributed by atoms with van der Waals surface area (Å²) < 4.78 is 5.43. The van der Waals surface area contributed by atoms with Gasteiger partial charge in [-0.3, -0.25) is 9.59 Å². The summed E-state index contributed by atoms with van der Waals surface area (Å²) in [5.74, 6) is -0.569. The molecule has 0 unspecified atom stereocenters. The summed E-state index contributed by atoms with van der Waals surface area (Å²) in [6.07, 6.45) is 5.41. The first-order chi connectivity index (χ1) is 10.1. The lowest BCUT2D eigenvalue weighted by Gasteiger charge is -2.09. The summed E-state index contributed by atoms with van der Waals surface area (Å²) in [5, 5.41) is 6.88. The lowest BCUT2D eigenvalue weighted by Crippen LogP contribution is -2.28. The molecule has 2 aromatic rings. The fourth-order valence-corrected chi connectivity index (χ4v) is 1.85. The van der Waals surface area contributed by atoms with Gasteiger partial charge in [0.1, 0.15) is 11.6 Å². The van der Waals surface area contributed by atoms with Crippen molar-refractivity contribution in [3.63, 3.8) is 0 Å². The second-order valence-corrected chi connectivity index (χ2v) is 4.54. The number of nitrogens with zero attached hydrogens (tertiary/aromatic N) is 3. The third-order valence-corrected chi connectivity index (χ3v) is 3.12. The highest BCUT2D eigenvalue weighted by molar-refractivity contribution is 6.32. The molecule has 0 aromatic carbocycles. The van der Waals surface area contributed by atoms with Crippen LogP contribution < -0.4 is 10.9 Å². The molecule has 2 heterocycles. The van der Waals surface area contributed by atoms with Gasteiger partial charge in [-0.1, -0.05) is 11.6 Å². The predicted molar refractivity (Wildman–Crippen MR) is 76.3 cm³/mol. The van der Waals surface area contributed by atoms with Crippen molar-refractivity contribution in [1.29, 1.82) is 0 Å². The van der Waals surface area contributed by atoms with Crippen LogP contribution in [0.4, 0.5) is 5.69 Å². The molecule has 21 heavy (non-hydrogen) atoms. The van der Waals surface area contributed by atoms with Crippen LogP contribution in [-0.2, 0) is 22.5 Å². The standard InChI is InChI=1S/C12H14ClN5O3/c1-21-10(19)6-18-12(20)11(13)9(5-17-18)15-3-2-8-4-14-7-16-8/h4-5,7,15H,2-3,6H2,1H3,(H,14,16). The first-order valence-electron chi connectivity index (χ1n) is 6.15. The predicted octanol–water partition coefficient (Wildman–Crippen LogP) is 0.447. The molecular formula is C12H14ClN5O3. The summed E-state index contributed by atoms with van der Waals surface area (Å²) in [5.41, 5.74) is 0.835. The van der Waals surface area contributed by atoms with Crippen molar-refractivity contribution in [1.82, 2.24) is 19.7 Å². The molecule has 0 aliphatic rings. The van der Waals surface area contributed by atoms with E-state index in [1.807, 2.05) is 0 Å². The normalized spacial score (nSPS) is 10.4. The number of carbonyl (C=O) groups is 1. The zero-order valence-electron chi connectivity index (χ0n) is 11.3. The Bertz CT molecular complexity index is 668. The molecule has 2 N–H and O–H groups in total. The maximum atomic E-state index is 11.9. The van der Waals surface area contributed by atoms with Crippen LogP contribution in [0.1, 0.15) is 5.69 Å². The lowest BCUT2D eigenvalue weighted by atomic mass is 10.3. The number of anilines is 1. The Morgan fingerprint density at radius 1 is 1.52 bits per heavy atom. The third-order valence-electron chi connectivity index (χ3n) is 2.76. The van der Waals surface area contributed by atoms with Crippen LogP contribution in [0.2, 0.25) is 5.02 Å². The Hall–Kier alpha value is -2.35. The molecule has 0 saturated heterocycles. The number of H-pyrrole nitrogens is 1. The summed E-state index contributed by atoms with van der Waals surface area (Å²) in [7, 11) is 1.24. The molecule has 9 heteroatoms. The summed E-state index contributed by atoms with van der Waals surface area (Å²) in [6, 6.07) is 0. The lowest BCUT2D eigenvalue weighted by molar-refractivity contribution is -0.141. The van der Waals surface area contributed by atoms with Gasteiger partial charge in [-0.05, 0) is 0 Å². The maximum absolute atomic E-state index is 11.9. The van der Waals surface area contributed by atoms with Gasteiger partial charge in [-0.2, -0.15) is 5.10 Å². The van der Waals surface area contributed by atoms with E-state index in [1.165, 1.54) is 13.3 Å². The van der Waals surface area contributed by atoms with E-state index in [2.05, 4.69) is 25.1 Å². The van der Waals surface area contributed by atoms with Gasteiger partial charge in [0, 0.05) is 24.9 Å². The quantitative estimate of drug-likeness (QED) is 0.751. The van der Waals surface area contributed by atoms with E-state index in [9.17, 15) is 9.59 Å². The number of methoxy groups -OCH3 is 1. The molecular weight excluding hydrogens is 298 g/mol. The Morgan fingerprint density at radius 2 is 2.33 bits per heavy atom. The van der Waals surface area contributed by atoms with E-state index in [0.717, 1.165) is 10.4 Å². The van der Waals surface area contributed by atoms with E-state index in [4.69, 9.17) is 11.6 Å². The number of nitrogens with one attached hydrogen (secondary N) is 2. The number of imidazole rings is 1. The van der Waals surface area contributed by atoms with E-state index in [1.54, 1.807) is 12.5 Å². The highest BCUT2D eigenvalue weighted by Crippen LogP contribution is 2.15. The maximum Gasteiger partial charge on any atom is 0.327 e. The highest BCUT2D eigenvalue weighted by atomic mass is 35.5. The van der Waals surface area contributed by atoms with Crippen molar-refractivity contribution < 1.29 is 9.53 Å². The Labute approximate surface area is 125 Å². The van der Waals surface area contributed by atoms with Gasteiger partial charge in [-0.15, -0.1) is 0 Å². The van der Waals surface area contributed by atoms with E-state index >= 15 is 0 Å². The van der Waals surface area contributed by atoms with Gasteiger partial charge < -0.3 is 15.0 Å². The van der Waals surface area contributed by atoms with Gasteiger partial charge >= 0.3 is 5.97 Å². The zero-order chi connectivity index (χ0) is 15.2. The van der Waals surface area contributed by atoms with Crippen molar-refractivity contribution in [3.8, 4) is 0 Å². The third kappa shape index (κ3) is 3.82. The van der Waals surface area contributed by atoms with E-state index in [0.29, 0.717) is 18.7 Å². The number of ether oxygens (including phenoxy) is 1. The molecule has 8 nitrogen and oxygen atoms in total. The first-order valence-corrected chi connectivity index (χ1v) is 6.53. The van der Waals surface area contributed by atoms with E-state index < -0.39 is 11.5 Å². The van der Waals surface area contributed by atoms with Crippen LogP contribution in [0.15, 0.2) is 23.5 Å². The van der Waals surface area contributed by atoms with Gasteiger partial charge in [0.2, 0.25) is 0 Å². The first kappa shape index (κ1) is 15.0. The molecule has 0 radical (unpaired) electrons. The van der Waals surface area contributed by atoms with Gasteiger partial charge in [0.15, 0.2) is 0 Å². The topological polar surface area (TPSA) is 102 Å². The second kappa shape index (κ2) is 6.89. The molecule has 0 spiro atoms. The Kier molecular flexibility index (Phi) is 4.94. The van der Waals surface area contributed by atoms with Crippen LogP contribution in [0.5, 0.6) is 0 Å². The molecule has 2 aromatic heterocycles. The van der Waals surface area contributed by atoms with Gasteiger partial charge in [0.05, 0.1) is 25.3 Å². The number of aromatic nitrogens is 4. The summed E-state index contributed by atoms with van der Waals surface area (Å²) in [6.45, 7) is 0.285. The monoisotopic (exact) mass is 311 g/mol. The zero-order valence-corrected chi connectivity index (χ0v) is 12.1. The van der Waals surface area contributed by atoms with Crippen LogP contribution >= 0.6 is 11.6 Å². The SMILES string of the molecule is COC(=O)Cn1ncc(NCCc2cnc[nH]2)c(Cl)c1=O. The molecule has 2 rings (SSSR count). The van der Waals surface area contributed by atoms with Crippen molar-refractivity contribution in [2.75, 3.05) is 19.0 Å². The number of esters is 1. The van der Waals surface area contributed by atoms with Crippen molar-refractivity contribution in [2.45, 2.75) is 13.0 Å². The van der Waals surface area contributed by atoms with Crippen LogP contribution in [-0.4, -0.2) is 39.4 Å². The molecule has 0 amide bonds.